The van der Waals surface area contributed by atoms with Crippen molar-refractivity contribution in [2.75, 3.05) is 18.4 Å². The smallest absolute Gasteiger partial charge is 0.261 e. The van der Waals surface area contributed by atoms with Crippen molar-refractivity contribution in [3.63, 3.8) is 0 Å². The number of carbonyl (C=O) groups excluding carboxylic acids is 1. The first-order valence-electron chi connectivity index (χ1n) is 10.5. The molecule has 1 fully saturated rings. The van der Waals surface area contributed by atoms with E-state index in [2.05, 4.69) is 15.4 Å². The summed E-state index contributed by atoms with van der Waals surface area (Å²) in [5.41, 5.74) is 3.56. The second-order valence-corrected chi connectivity index (χ2v) is 9.99. The Morgan fingerprint density at radius 1 is 1.03 bits per heavy atom. The van der Waals surface area contributed by atoms with Crippen LogP contribution in [-0.2, 0) is 10.0 Å². The average Bonchev–Trinajstić information content (AvgIpc) is 2.95. The Balaban J connectivity index is 1.64. The second-order valence-electron chi connectivity index (χ2n) is 8.09. The molecule has 0 saturated carbocycles. The van der Waals surface area contributed by atoms with E-state index >= 15 is 0 Å². The summed E-state index contributed by atoms with van der Waals surface area (Å²) >= 11 is 0. The molecule has 0 atom stereocenters. The molecule has 164 valence electrons. The summed E-state index contributed by atoms with van der Waals surface area (Å²) in [6.07, 6.45) is 5.32. The Hall–Kier alpha value is -2.78. The second kappa shape index (κ2) is 8.39. The van der Waals surface area contributed by atoms with Crippen LogP contribution in [-0.4, -0.2) is 46.3 Å². The molecule has 3 heterocycles. The summed E-state index contributed by atoms with van der Waals surface area (Å²) < 4.78 is 29.7. The van der Waals surface area contributed by atoms with E-state index in [0.29, 0.717) is 35.6 Å². The molecule has 4 rings (SSSR count). The molecule has 1 saturated heterocycles. The van der Waals surface area contributed by atoms with Crippen LogP contribution in [0.4, 0.5) is 5.69 Å². The van der Waals surface area contributed by atoms with Gasteiger partial charge in [0.05, 0.1) is 11.1 Å². The lowest BCUT2D eigenvalue weighted by atomic mass is 10.2. The summed E-state index contributed by atoms with van der Waals surface area (Å²) in [5, 5.41) is 7.07. The number of aryl methyl sites for hydroxylation is 3. The fraction of sp³-hybridized carbons (Fsp3) is 0.409. The van der Waals surface area contributed by atoms with E-state index in [4.69, 9.17) is 0 Å². The monoisotopic (exact) mass is 441 g/mol. The van der Waals surface area contributed by atoms with Crippen LogP contribution in [0.25, 0.3) is 5.65 Å². The van der Waals surface area contributed by atoms with Gasteiger partial charge in [0.25, 0.3) is 5.91 Å². The topological polar surface area (TPSA) is 96.7 Å². The molecule has 1 N–H and O–H groups in total. The first-order chi connectivity index (χ1) is 14.8. The molecule has 0 bridgehead atoms. The molecule has 1 aliphatic heterocycles. The molecule has 31 heavy (non-hydrogen) atoms. The van der Waals surface area contributed by atoms with E-state index in [1.54, 1.807) is 33.9 Å². The summed E-state index contributed by atoms with van der Waals surface area (Å²) in [6, 6.07) is 6.87. The number of benzene rings is 1. The number of carbonyl (C=O) groups is 1. The molecular weight excluding hydrogens is 414 g/mol. The molecule has 3 aromatic rings. The highest BCUT2D eigenvalue weighted by molar-refractivity contribution is 7.89. The number of nitrogens with one attached hydrogen (secondary N) is 1. The van der Waals surface area contributed by atoms with Crippen LogP contribution in [0.1, 0.15) is 53.0 Å². The van der Waals surface area contributed by atoms with Gasteiger partial charge >= 0.3 is 0 Å². The highest BCUT2D eigenvalue weighted by Crippen LogP contribution is 2.26. The molecule has 0 aliphatic carbocycles. The van der Waals surface area contributed by atoms with Gasteiger partial charge in [-0.2, -0.15) is 9.40 Å². The highest BCUT2D eigenvalue weighted by atomic mass is 32.2. The SMILES string of the molecule is Cc1cc(C)n2ncc(C(=O)Nc3ccc(C)c(S(=O)(=O)N4CCCCCC4)c3)c2n1. The van der Waals surface area contributed by atoms with Gasteiger partial charge in [0.2, 0.25) is 10.0 Å². The molecule has 0 spiro atoms. The fourth-order valence-electron chi connectivity index (χ4n) is 4.01. The van der Waals surface area contributed by atoms with Gasteiger partial charge in [0.1, 0.15) is 5.56 Å². The summed E-state index contributed by atoms with van der Waals surface area (Å²) in [6.45, 7) is 6.60. The van der Waals surface area contributed by atoms with Crippen molar-refractivity contribution < 1.29 is 13.2 Å². The number of aromatic nitrogens is 3. The van der Waals surface area contributed by atoms with Crippen LogP contribution in [0.15, 0.2) is 35.4 Å². The van der Waals surface area contributed by atoms with E-state index in [1.807, 2.05) is 19.9 Å². The standard InChI is InChI=1S/C22H27N5O3S/c1-15-8-9-18(13-20(15)31(29,30)26-10-6-4-5-7-11-26)25-22(28)19-14-23-27-17(3)12-16(2)24-21(19)27/h8-9,12-14H,4-7,10-11H2,1-3H3,(H,25,28). The maximum absolute atomic E-state index is 13.3. The normalized spacial score (nSPS) is 15.7. The van der Waals surface area contributed by atoms with Gasteiger partial charge in [0, 0.05) is 30.2 Å². The summed E-state index contributed by atoms with van der Waals surface area (Å²) in [5.74, 6) is -0.380. The van der Waals surface area contributed by atoms with Crippen molar-refractivity contribution in [2.45, 2.75) is 51.3 Å². The van der Waals surface area contributed by atoms with Gasteiger partial charge in [-0.15, -0.1) is 0 Å². The Kier molecular flexibility index (Phi) is 5.81. The van der Waals surface area contributed by atoms with Gasteiger partial charge < -0.3 is 5.32 Å². The van der Waals surface area contributed by atoms with Gasteiger partial charge in [-0.3, -0.25) is 4.79 Å². The number of fused-ring (bicyclic) bond motifs is 1. The third-order valence-electron chi connectivity index (χ3n) is 5.65. The number of nitrogens with zero attached hydrogens (tertiary/aromatic N) is 4. The molecule has 0 radical (unpaired) electrons. The van der Waals surface area contributed by atoms with E-state index in [-0.39, 0.29) is 10.8 Å². The predicted molar refractivity (Wildman–Crippen MR) is 119 cm³/mol. The zero-order valence-electron chi connectivity index (χ0n) is 18.1. The lowest BCUT2D eigenvalue weighted by molar-refractivity contribution is 0.102. The summed E-state index contributed by atoms with van der Waals surface area (Å²) in [4.78, 5) is 17.6. The fourth-order valence-corrected chi connectivity index (χ4v) is 5.77. The van der Waals surface area contributed by atoms with Gasteiger partial charge in [-0.05, 0) is 57.4 Å². The maximum atomic E-state index is 13.3. The Bertz CT molecular complexity index is 1240. The van der Waals surface area contributed by atoms with Crippen molar-refractivity contribution in [2.24, 2.45) is 0 Å². The number of rotatable bonds is 4. The zero-order chi connectivity index (χ0) is 22.2. The zero-order valence-corrected chi connectivity index (χ0v) is 18.9. The van der Waals surface area contributed by atoms with E-state index in [1.165, 1.54) is 6.20 Å². The van der Waals surface area contributed by atoms with Crippen LogP contribution < -0.4 is 5.32 Å². The third-order valence-corrected chi connectivity index (χ3v) is 7.69. The summed E-state index contributed by atoms with van der Waals surface area (Å²) in [7, 11) is -3.62. The molecular formula is C22H27N5O3S. The quantitative estimate of drug-likeness (QED) is 0.669. The predicted octanol–water partition coefficient (Wildman–Crippen LogP) is 3.47. The lowest BCUT2D eigenvalue weighted by Gasteiger charge is -2.21. The van der Waals surface area contributed by atoms with E-state index < -0.39 is 10.0 Å². The molecule has 2 aromatic heterocycles. The van der Waals surface area contributed by atoms with Gasteiger partial charge in [0.15, 0.2) is 5.65 Å². The minimum absolute atomic E-state index is 0.233. The van der Waals surface area contributed by atoms with Gasteiger partial charge in [-0.1, -0.05) is 18.9 Å². The average molecular weight is 442 g/mol. The van der Waals surface area contributed by atoms with Gasteiger partial charge in [-0.25, -0.2) is 17.9 Å². The molecule has 1 aliphatic rings. The van der Waals surface area contributed by atoms with Crippen molar-refractivity contribution >= 4 is 27.3 Å². The van der Waals surface area contributed by atoms with Crippen LogP contribution in [0, 0.1) is 20.8 Å². The van der Waals surface area contributed by atoms with Crippen molar-refractivity contribution in [3.05, 3.63) is 53.0 Å². The van der Waals surface area contributed by atoms with E-state index in [9.17, 15) is 13.2 Å². The number of hydrogen-bond donors (Lipinski definition) is 1. The van der Waals surface area contributed by atoms with E-state index in [0.717, 1.165) is 37.1 Å². The number of hydrogen-bond acceptors (Lipinski definition) is 5. The Morgan fingerprint density at radius 3 is 2.45 bits per heavy atom. The Morgan fingerprint density at radius 2 is 1.74 bits per heavy atom. The first kappa shape index (κ1) is 21.5. The van der Waals surface area contributed by atoms with Crippen molar-refractivity contribution in [1.82, 2.24) is 18.9 Å². The number of sulfonamides is 1. The van der Waals surface area contributed by atoms with Crippen LogP contribution in [0.2, 0.25) is 0 Å². The van der Waals surface area contributed by atoms with Crippen molar-refractivity contribution in [1.29, 1.82) is 0 Å². The number of anilines is 1. The maximum Gasteiger partial charge on any atom is 0.261 e. The highest BCUT2D eigenvalue weighted by Gasteiger charge is 2.27. The minimum Gasteiger partial charge on any atom is -0.322 e. The molecule has 0 unspecified atom stereocenters. The molecule has 1 aromatic carbocycles. The lowest BCUT2D eigenvalue weighted by Crippen LogP contribution is -2.32. The van der Waals surface area contributed by atoms with Crippen LogP contribution >= 0.6 is 0 Å². The molecule has 1 amide bonds. The minimum atomic E-state index is -3.62. The van der Waals surface area contributed by atoms with Crippen molar-refractivity contribution in [3.8, 4) is 0 Å². The molecule has 8 nitrogen and oxygen atoms in total. The third kappa shape index (κ3) is 4.20. The van der Waals surface area contributed by atoms with Crippen LogP contribution in [0.3, 0.4) is 0 Å². The molecule has 9 heteroatoms. The van der Waals surface area contributed by atoms with Crippen LogP contribution in [0.5, 0.6) is 0 Å². The first-order valence-corrected chi connectivity index (χ1v) is 12.0. The Labute approximate surface area is 182 Å². The number of amides is 1. The largest absolute Gasteiger partial charge is 0.322 e.